The van der Waals surface area contributed by atoms with E-state index in [0.29, 0.717) is 6.54 Å². The fraction of sp³-hybridized carbons (Fsp3) is 0.364. The van der Waals surface area contributed by atoms with Crippen LogP contribution in [0.15, 0.2) is 48.5 Å². The van der Waals surface area contributed by atoms with Crippen LogP contribution in [0, 0.1) is 0 Å². The van der Waals surface area contributed by atoms with E-state index in [4.69, 9.17) is 0 Å². The Morgan fingerprint density at radius 3 is 2.59 bits per heavy atom. The van der Waals surface area contributed by atoms with Crippen LogP contribution in [0.1, 0.15) is 35.6 Å². The molecule has 2 aromatic carbocycles. The van der Waals surface area contributed by atoms with Gasteiger partial charge in [0, 0.05) is 6.54 Å². The molecule has 27 heavy (non-hydrogen) atoms. The molecule has 0 spiro atoms. The minimum atomic E-state index is -0.998. The van der Waals surface area contributed by atoms with E-state index in [-0.39, 0.29) is 18.6 Å². The largest absolute Gasteiger partial charge is 0.326 e. The molecule has 1 aliphatic heterocycles. The van der Waals surface area contributed by atoms with Crippen molar-refractivity contribution in [2.75, 3.05) is 13.7 Å². The fourth-order valence-corrected chi connectivity index (χ4v) is 4.09. The molecule has 140 valence electrons. The molecule has 1 atom stereocenters. The van der Waals surface area contributed by atoms with Gasteiger partial charge in [0.15, 0.2) is 0 Å². The Bertz CT molecular complexity index is 880. The number of benzene rings is 2. The van der Waals surface area contributed by atoms with Gasteiger partial charge < -0.3 is 5.32 Å². The molecular weight excluding hydrogens is 338 g/mol. The van der Waals surface area contributed by atoms with Gasteiger partial charge in [-0.3, -0.25) is 9.69 Å². The summed E-state index contributed by atoms with van der Waals surface area (Å²) in [7, 11) is 1.92. The summed E-state index contributed by atoms with van der Waals surface area (Å²) >= 11 is 0. The highest BCUT2D eigenvalue weighted by Gasteiger charge is 2.49. The van der Waals surface area contributed by atoms with Crippen molar-refractivity contribution in [1.82, 2.24) is 15.1 Å². The first-order chi connectivity index (χ1) is 13.0. The lowest BCUT2D eigenvalue weighted by Gasteiger charge is -2.25. The number of nitrogens with one attached hydrogen (secondary N) is 1. The van der Waals surface area contributed by atoms with Crippen molar-refractivity contribution in [2.45, 2.75) is 38.3 Å². The average molecular weight is 363 g/mol. The minimum Gasteiger partial charge on any atom is -0.319 e. The molecule has 1 saturated heterocycles. The van der Waals surface area contributed by atoms with Crippen LogP contribution in [0.2, 0.25) is 0 Å². The second-order valence-corrected chi connectivity index (χ2v) is 7.77. The molecule has 0 saturated carbocycles. The third kappa shape index (κ3) is 3.23. The maximum Gasteiger partial charge on any atom is 0.326 e. The Morgan fingerprint density at radius 2 is 1.81 bits per heavy atom. The third-order valence-electron chi connectivity index (χ3n) is 5.63. The summed E-state index contributed by atoms with van der Waals surface area (Å²) in [4.78, 5) is 29.0. The number of aryl methyl sites for hydroxylation is 2. The molecule has 1 heterocycles. The monoisotopic (exact) mass is 363 g/mol. The van der Waals surface area contributed by atoms with Crippen molar-refractivity contribution in [1.29, 1.82) is 0 Å². The minimum absolute atomic E-state index is 0.189. The molecule has 5 nitrogen and oxygen atoms in total. The summed E-state index contributed by atoms with van der Waals surface area (Å²) in [6, 6.07) is 15.9. The van der Waals surface area contributed by atoms with E-state index in [2.05, 4.69) is 17.4 Å². The lowest BCUT2D eigenvalue weighted by atomic mass is 9.90. The Hall–Kier alpha value is -2.66. The fourth-order valence-electron chi connectivity index (χ4n) is 4.09. The van der Waals surface area contributed by atoms with Gasteiger partial charge in [0.2, 0.25) is 0 Å². The zero-order chi connectivity index (χ0) is 19.0. The molecule has 1 fully saturated rings. The molecule has 5 heteroatoms. The van der Waals surface area contributed by atoms with E-state index in [0.717, 1.165) is 30.4 Å². The highest BCUT2D eigenvalue weighted by atomic mass is 16.2. The van der Waals surface area contributed by atoms with Crippen LogP contribution < -0.4 is 5.32 Å². The lowest BCUT2D eigenvalue weighted by Crippen LogP contribution is -2.42. The Balaban J connectivity index is 1.51. The highest BCUT2D eigenvalue weighted by Crippen LogP contribution is 2.32. The summed E-state index contributed by atoms with van der Waals surface area (Å²) in [6.45, 7) is 2.74. The normalized spacial score (nSPS) is 21.7. The topological polar surface area (TPSA) is 52.6 Å². The number of amides is 3. The van der Waals surface area contributed by atoms with E-state index < -0.39 is 5.54 Å². The summed E-state index contributed by atoms with van der Waals surface area (Å²) < 4.78 is 0. The molecule has 0 unspecified atom stereocenters. The molecule has 1 N–H and O–H groups in total. The zero-order valence-corrected chi connectivity index (χ0v) is 15.9. The number of imide groups is 1. The Kier molecular flexibility index (Phi) is 4.48. The molecule has 3 amide bonds. The highest BCUT2D eigenvalue weighted by molar-refractivity contribution is 6.07. The number of nitrogens with zero attached hydrogens (tertiary/aromatic N) is 2. The van der Waals surface area contributed by atoms with E-state index in [1.807, 2.05) is 48.3 Å². The predicted molar refractivity (Wildman–Crippen MR) is 104 cm³/mol. The molecule has 0 radical (unpaired) electrons. The second kappa shape index (κ2) is 6.82. The maximum atomic E-state index is 13.1. The molecule has 2 aliphatic rings. The van der Waals surface area contributed by atoms with Gasteiger partial charge in [0.1, 0.15) is 5.54 Å². The Morgan fingerprint density at radius 1 is 1.07 bits per heavy atom. The Labute approximate surface area is 160 Å². The first-order valence-electron chi connectivity index (χ1n) is 9.46. The average Bonchev–Trinajstić information content (AvgIpc) is 3.21. The van der Waals surface area contributed by atoms with Crippen molar-refractivity contribution >= 4 is 11.9 Å². The quantitative estimate of drug-likeness (QED) is 0.831. The summed E-state index contributed by atoms with van der Waals surface area (Å²) in [5, 5.41) is 2.92. The number of carbonyl (C=O) groups excluding carboxylic acids is 2. The standard InChI is InChI=1S/C22H25N3O2/c1-22(19-12-11-17-9-6-10-18(17)13-19)20(26)25(21(27)23-22)15-24(2)14-16-7-4-3-5-8-16/h3-5,7-8,11-13H,6,9-10,14-15H2,1-2H3,(H,23,27)/t22-/m1/s1. The second-order valence-electron chi connectivity index (χ2n) is 7.77. The molecule has 1 aliphatic carbocycles. The van der Waals surface area contributed by atoms with Gasteiger partial charge in [0.25, 0.3) is 5.91 Å². The predicted octanol–water partition coefficient (Wildman–Crippen LogP) is 3.03. The van der Waals surface area contributed by atoms with Gasteiger partial charge in [-0.25, -0.2) is 9.69 Å². The van der Waals surface area contributed by atoms with E-state index in [9.17, 15) is 9.59 Å². The molecule has 2 aromatic rings. The number of hydrogen-bond acceptors (Lipinski definition) is 3. The first-order valence-corrected chi connectivity index (χ1v) is 9.46. The van der Waals surface area contributed by atoms with E-state index >= 15 is 0 Å². The number of rotatable bonds is 5. The van der Waals surface area contributed by atoms with Crippen molar-refractivity contribution in [3.05, 3.63) is 70.8 Å². The van der Waals surface area contributed by atoms with Crippen molar-refractivity contribution < 1.29 is 9.59 Å². The van der Waals surface area contributed by atoms with Crippen molar-refractivity contribution in [3.8, 4) is 0 Å². The first kappa shape index (κ1) is 17.7. The maximum absolute atomic E-state index is 13.1. The van der Waals surface area contributed by atoms with Crippen LogP contribution in [0.25, 0.3) is 0 Å². The van der Waals surface area contributed by atoms with Crippen molar-refractivity contribution in [2.24, 2.45) is 0 Å². The van der Waals surface area contributed by atoms with Crippen LogP contribution in [0.5, 0.6) is 0 Å². The number of carbonyl (C=O) groups is 2. The smallest absolute Gasteiger partial charge is 0.319 e. The molecular formula is C22H25N3O2. The van der Waals surface area contributed by atoms with Crippen LogP contribution in [-0.2, 0) is 29.7 Å². The van der Waals surface area contributed by atoms with Crippen LogP contribution in [0.4, 0.5) is 4.79 Å². The van der Waals surface area contributed by atoms with E-state index in [1.165, 1.54) is 16.0 Å². The zero-order valence-electron chi connectivity index (χ0n) is 15.9. The van der Waals surface area contributed by atoms with Gasteiger partial charge in [0.05, 0.1) is 6.67 Å². The SMILES string of the molecule is CN(Cc1ccccc1)CN1C(=O)N[C@](C)(c2ccc3c(c2)CCC3)C1=O. The van der Waals surface area contributed by atoms with Crippen molar-refractivity contribution in [3.63, 3.8) is 0 Å². The van der Waals surface area contributed by atoms with Gasteiger partial charge in [-0.05, 0) is 55.5 Å². The van der Waals surface area contributed by atoms with Gasteiger partial charge in [-0.15, -0.1) is 0 Å². The van der Waals surface area contributed by atoms with Crippen LogP contribution in [-0.4, -0.2) is 35.5 Å². The van der Waals surface area contributed by atoms with E-state index in [1.54, 1.807) is 6.92 Å². The number of fused-ring (bicyclic) bond motifs is 1. The molecule has 4 rings (SSSR count). The van der Waals surface area contributed by atoms with Gasteiger partial charge in [-0.1, -0.05) is 48.5 Å². The lowest BCUT2D eigenvalue weighted by molar-refractivity contribution is -0.132. The number of hydrogen-bond donors (Lipinski definition) is 1. The van der Waals surface area contributed by atoms with Crippen LogP contribution in [0.3, 0.4) is 0 Å². The van der Waals surface area contributed by atoms with Gasteiger partial charge in [-0.2, -0.15) is 0 Å². The van der Waals surface area contributed by atoms with Crippen LogP contribution >= 0.6 is 0 Å². The molecule has 0 bridgehead atoms. The summed E-state index contributed by atoms with van der Waals surface area (Å²) in [6.07, 6.45) is 3.31. The number of urea groups is 1. The third-order valence-corrected chi connectivity index (χ3v) is 5.63. The summed E-state index contributed by atoms with van der Waals surface area (Å²) in [5.41, 5.74) is 3.68. The molecule has 0 aromatic heterocycles. The summed E-state index contributed by atoms with van der Waals surface area (Å²) in [5.74, 6) is -0.189. The van der Waals surface area contributed by atoms with Gasteiger partial charge >= 0.3 is 6.03 Å².